The summed E-state index contributed by atoms with van der Waals surface area (Å²) < 4.78 is 4.84. The van der Waals surface area contributed by atoms with Gasteiger partial charge in [0.05, 0.1) is 12.8 Å². The van der Waals surface area contributed by atoms with Crippen LogP contribution < -0.4 is 5.32 Å². The summed E-state index contributed by atoms with van der Waals surface area (Å²) in [6.45, 7) is 2.96. The predicted octanol–water partition coefficient (Wildman–Crippen LogP) is 3.28. The molecule has 0 aromatic heterocycles. The second kappa shape index (κ2) is 10.2. The molecule has 0 spiro atoms. The average Bonchev–Trinajstić information content (AvgIpc) is 2.48. The number of nitrogens with one attached hydrogen (secondary N) is 1. The molecule has 0 amide bonds. The van der Waals surface area contributed by atoms with Crippen LogP contribution in [0.15, 0.2) is 23.6 Å². The van der Waals surface area contributed by atoms with Gasteiger partial charge in [0.25, 0.3) is 0 Å². The molecule has 0 saturated carbocycles. The summed E-state index contributed by atoms with van der Waals surface area (Å²) in [5, 5.41) is 3.05. The first kappa shape index (κ1) is 17.5. The first-order valence-electron chi connectivity index (χ1n) is 7.99. The third kappa shape index (κ3) is 6.61. The number of rotatable bonds is 11. The molecular formula is C17H27NO3. The van der Waals surface area contributed by atoms with Gasteiger partial charge < -0.3 is 10.1 Å². The predicted molar refractivity (Wildman–Crippen MR) is 83.8 cm³/mol. The standard InChI is InChI=1S/C17H27NO3/c1-3-4-5-6-7-8-9-10-11-18-14-12-16(20)17(21-2)13-15(14)19/h12-13,18H,3-11H2,1-2H3. The Morgan fingerprint density at radius 3 is 2.14 bits per heavy atom. The van der Waals surface area contributed by atoms with E-state index in [1.165, 1.54) is 57.8 Å². The van der Waals surface area contributed by atoms with Crippen molar-refractivity contribution in [3.63, 3.8) is 0 Å². The van der Waals surface area contributed by atoms with Crippen LogP contribution in [-0.4, -0.2) is 25.2 Å². The number of methoxy groups -OCH3 is 1. The maximum absolute atomic E-state index is 11.7. The van der Waals surface area contributed by atoms with Gasteiger partial charge in [-0.25, -0.2) is 0 Å². The van der Waals surface area contributed by atoms with Gasteiger partial charge in [0.1, 0.15) is 0 Å². The summed E-state index contributed by atoms with van der Waals surface area (Å²) in [5.74, 6) is -0.334. The molecule has 4 heteroatoms. The number of carbonyl (C=O) groups excluding carboxylic acids is 2. The molecule has 0 saturated heterocycles. The number of carbonyl (C=O) groups is 2. The first-order chi connectivity index (χ1) is 10.2. The molecule has 118 valence electrons. The summed E-state index contributed by atoms with van der Waals surface area (Å²) in [6.07, 6.45) is 12.6. The Labute approximate surface area is 127 Å². The van der Waals surface area contributed by atoms with Crippen molar-refractivity contribution in [3.8, 4) is 0 Å². The largest absolute Gasteiger partial charge is 0.493 e. The summed E-state index contributed by atoms with van der Waals surface area (Å²) in [7, 11) is 1.39. The fourth-order valence-electron chi connectivity index (χ4n) is 2.32. The molecule has 0 fully saturated rings. The Bertz CT molecular complexity index is 410. The Kier molecular flexibility index (Phi) is 8.48. The van der Waals surface area contributed by atoms with Crippen LogP contribution in [-0.2, 0) is 14.3 Å². The van der Waals surface area contributed by atoms with E-state index in [9.17, 15) is 9.59 Å². The van der Waals surface area contributed by atoms with Crippen molar-refractivity contribution < 1.29 is 14.3 Å². The lowest BCUT2D eigenvalue weighted by molar-refractivity contribution is -0.117. The normalized spacial score (nSPS) is 14.8. The van der Waals surface area contributed by atoms with E-state index >= 15 is 0 Å². The van der Waals surface area contributed by atoms with Gasteiger partial charge in [-0.3, -0.25) is 9.59 Å². The fourth-order valence-corrected chi connectivity index (χ4v) is 2.32. The molecule has 0 radical (unpaired) electrons. The quantitative estimate of drug-likeness (QED) is 0.469. The van der Waals surface area contributed by atoms with Gasteiger partial charge in [-0.05, 0) is 6.42 Å². The molecule has 0 heterocycles. The third-order valence-corrected chi connectivity index (χ3v) is 3.61. The summed E-state index contributed by atoms with van der Waals surface area (Å²) in [4.78, 5) is 23.3. The number of hydrogen-bond acceptors (Lipinski definition) is 4. The summed E-state index contributed by atoms with van der Waals surface area (Å²) in [5.41, 5.74) is 0.378. The lowest BCUT2D eigenvalue weighted by atomic mass is 10.1. The van der Waals surface area contributed by atoms with Crippen molar-refractivity contribution in [3.05, 3.63) is 23.6 Å². The monoisotopic (exact) mass is 293 g/mol. The Hall–Kier alpha value is -1.58. The zero-order chi connectivity index (χ0) is 15.5. The molecule has 0 atom stereocenters. The molecule has 21 heavy (non-hydrogen) atoms. The van der Waals surface area contributed by atoms with Crippen LogP contribution in [0.25, 0.3) is 0 Å². The van der Waals surface area contributed by atoms with Crippen LogP contribution in [0, 0.1) is 0 Å². The van der Waals surface area contributed by atoms with Gasteiger partial charge in [-0.15, -0.1) is 0 Å². The van der Waals surface area contributed by atoms with E-state index in [4.69, 9.17) is 4.74 Å². The first-order valence-corrected chi connectivity index (χ1v) is 7.99. The van der Waals surface area contributed by atoms with E-state index in [2.05, 4.69) is 12.2 Å². The fraction of sp³-hybridized carbons (Fsp3) is 0.647. The van der Waals surface area contributed by atoms with Crippen LogP contribution in [0.1, 0.15) is 58.3 Å². The van der Waals surface area contributed by atoms with Crippen LogP contribution in [0.3, 0.4) is 0 Å². The van der Waals surface area contributed by atoms with Crippen molar-refractivity contribution in [2.24, 2.45) is 0 Å². The molecule has 0 aromatic carbocycles. The lowest BCUT2D eigenvalue weighted by Crippen LogP contribution is -2.25. The van der Waals surface area contributed by atoms with Gasteiger partial charge >= 0.3 is 0 Å². The zero-order valence-corrected chi connectivity index (χ0v) is 13.2. The minimum absolute atomic E-state index is 0.109. The van der Waals surface area contributed by atoms with Crippen molar-refractivity contribution in [1.82, 2.24) is 5.32 Å². The highest BCUT2D eigenvalue weighted by atomic mass is 16.5. The Morgan fingerprint density at radius 2 is 1.52 bits per heavy atom. The highest BCUT2D eigenvalue weighted by Crippen LogP contribution is 2.11. The zero-order valence-electron chi connectivity index (χ0n) is 13.2. The Morgan fingerprint density at radius 1 is 0.905 bits per heavy atom. The van der Waals surface area contributed by atoms with E-state index in [-0.39, 0.29) is 17.3 Å². The molecule has 1 N–H and O–H groups in total. The number of unbranched alkanes of at least 4 members (excludes halogenated alkanes) is 7. The minimum Gasteiger partial charge on any atom is -0.493 e. The van der Waals surface area contributed by atoms with Crippen molar-refractivity contribution in [1.29, 1.82) is 0 Å². The highest BCUT2D eigenvalue weighted by Gasteiger charge is 2.20. The summed E-state index contributed by atoms with van der Waals surface area (Å²) >= 11 is 0. The number of allylic oxidation sites excluding steroid dienone is 2. The molecule has 0 aromatic rings. The molecule has 1 rings (SSSR count). The van der Waals surface area contributed by atoms with Gasteiger partial charge in [0.15, 0.2) is 5.76 Å². The number of hydrogen-bond donors (Lipinski definition) is 1. The molecule has 1 aliphatic carbocycles. The van der Waals surface area contributed by atoms with E-state index in [1.807, 2.05) is 0 Å². The SMILES string of the molecule is CCCCCCCCCCNC1=CC(=O)C(OC)=CC1=O. The maximum atomic E-state index is 11.7. The lowest BCUT2D eigenvalue weighted by Gasteiger charge is -2.13. The van der Waals surface area contributed by atoms with E-state index in [0.29, 0.717) is 5.70 Å². The van der Waals surface area contributed by atoms with Crippen LogP contribution >= 0.6 is 0 Å². The number of ketones is 2. The maximum Gasteiger partial charge on any atom is 0.222 e. The second-order valence-electron chi connectivity index (χ2n) is 5.40. The van der Waals surface area contributed by atoms with Gasteiger partial charge in [-0.1, -0.05) is 51.9 Å². The molecule has 0 bridgehead atoms. The molecular weight excluding hydrogens is 266 g/mol. The van der Waals surface area contributed by atoms with Crippen LogP contribution in [0.5, 0.6) is 0 Å². The second-order valence-corrected chi connectivity index (χ2v) is 5.40. The molecule has 4 nitrogen and oxygen atoms in total. The average molecular weight is 293 g/mol. The smallest absolute Gasteiger partial charge is 0.222 e. The summed E-state index contributed by atoms with van der Waals surface area (Å²) in [6, 6.07) is 0. The van der Waals surface area contributed by atoms with Gasteiger partial charge in [0.2, 0.25) is 11.6 Å². The van der Waals surface area contributed by atoms with Crippen molar-refractivity contribution >= 4 is 11.6 Å². The van der Waals surface area contributed by atoms with Crippen molar-refractivity contribution in [2.45, 2.75) is 58.3 Å². The van der Waals surface area contributed by atoms with Crippen molar-refractivity contribution in [2.75, 3.05) is 13.7 Å². The van der Waals surface area contributed by atoms with E-state index in [1.54, 1.807) is 0 Å². The third-order valence-electron chi connectivity index (χ3n) is 3.61. The van der Waals surface area contributed by atoms with E-state index < -0.39 is 0 Å². The topological polar surface area (TPSA) is 55.4 Å². The molecule has 1 aliphatic rings. The van der Waals surface area contributed by atoms with E-state index in [0.717, 1.165) is 19.4 Å². The van der Waals surface area contributed by atoms with Crippen LogP contribution in [0.2, 0.25) is 0 Å². The Balaban J connectivity index is 2.11. The number of ether oxygens (including phenoxy) is 1. The minimum atomic E-state index is -0.254. The van der Waals surface area contributed by atoms with Crippen LogP contribution in [0.4, 0.5) is 0 Å². The van der Waals surface area contributed by atoms with Gasteiger partial charge in [-0.2, -0.15) is 0 Å². The molecule has 0 unspecified atom stereocenters. The van der Waals surface area contributed by atoms with Gasteiger partial charge in [0, 0.05) is 18.7 Å². The molecule has 0 aliphatic heterocycles. The highest BCUT2D eigenvalue weighted by molar-refractivity contribution is 6.18.